The highest BCUT2D eigenvalue weighted by molar-refractivity contribution is 7.89. The molecule has 2 aromatic rings. The zero-order valence-corrected chi connectivity index (χ0v) is 14.6. The maximum Gasteiger partial charge on any atom is 0.417 e. The average Bonchev–Trinajstić information content (AvgIpc) is 3.06. The SMILES string of the molecule is O=C1CCCN1c1ccc(S(=O)(=O)NNc2ccc(C(F)(F)F)cn2)cc1. The molecule has 0 radical (unpaired) electrons. The summed E-state index contributed by atoms with van der Waals surface area (Å²) in [5, 5.41) is 0. The zero-order valence-electron chi connectivity index (χ0n) is 13.8. The monoisotopic (exact) mass is 400 g/mol. The summed E-state index contributed by atoms with van der Waals surface area (Å²) < 4.78 is 62.0. The van der Waals surface area contributed by atoms with Crippen LogP contribution in [0.5, 0.6) is 0 Å². The van der Waals surface area contributed by atoms with E-state index in [1.165, 1.54) is 24.3 Å². The Morgan fingerprint density at radius 3 is 2.30 bits per heavy atom. The Balaban J connectivity index is 1.67. The van der Waals surface area contributed by atoms with E-state index in [0.29, 0.717) is 24.8 Å². The summed E-state index contributed by atoms with van der Waals surface area (Å²) in [5.41, 5.74) is 1.92. The number of aromatic nitrogens is 1. The summed E-state index contributed by atoms with van der Waals surface area (Å²) in [5.74, 6) is -0.107. The number of alkyl halides is 3. The topological polar surface area (TPSA) is 91.4 Å². The molecule has 1 aliphatic rings. The van der Waals surface area contributed by atoms with Crippen molar-refractivity contribution in [3.05, 3.63) is 48.2 Å². The van der Waals surface area contributed by atoms with Crippen molar-refractivity contribution in [1.29, 1.82) is 0 Å². The van der Waals surface area contributed by atoms with Gasteiger partial charge in [0.05, 0.1) is 10.5 Å². The number of carbonyl (C=O) groups excluding carboxylic acids is 1. The number of anilines is 2. The van der Waals surface area contributed by atoms with Crippen molar-refractivity contribution < 1.29 is 26.4 Å². The summed E-state index contributed by atoms with van der Waals surface area (Å²) in [6, 6.07) is 7.51. The number of rotatable bonds is 5. The van der Waals surface area contributed by atoms with E-state index in [4.69, 9.17) is 0 Å². The van der Waals surface area contributed by atoms with Gasteiger partial charge in [-0.1, -0.05) is 0 Å². The van der Waals surface area contributed by atoms with Gasteiger partial charge >= 0.3 is 6.18 Å². The molecular weight excluding hydrogens is 385 g/mol. The molecular formula is C16H15F3N4O3S. The van der Waals surface area contributed by atoms with Crippen LogP contribution in [0.2, 0.25) is 0 Å². The molecule has 27 heavy (non-hydrogen) atoms. The number of hydrogen-bond acceptors (Lipinski definition) is 5. The van der Waals surface area contributed by atoms with E-state index < -0.39 is 21.8 Å². The van der Waals surface area contributed by atoms with Crippen molar-refractivity contribution in [3.63, 3.8) is 0 Å². The second-order valence-corrected chi connectivity index (χ2v) is 7.49. The summed E-state index contributed by atoms with van der Waals surface area (Å²) in [6.45, 7) is 0.588. The molecule has 2 heterocycles. The standard InChI is InChI=1S/C16H15F3N4O3S/c17-16(18,19)11-3-8-14(20-10-11)21-22-27(25,26)13-6-4-12(5-7-13)23-9-1-2-15(23)24/h3-8,10,22H,1-2,9H2,(H,20,21). The van der Waals surface area contributed by atoms with E-state index in [1.807, 2.05) is 4.83 Å². The number of benzene rings is 1. The Kier molecular flexibility index (Phi) is 5.07. The first kappa shape index (κ1) is 19.1. The lowest BCUT2D eigenvalue weighted by molar-refractivity contribution is -0.137. The van der Waals surface area contributed by atoms with Gasteiger partial charge in [-0.2, -0.15) is 13.2 Å². The normalized spacial score (nSPS) is 15.2. The van der Waals surface area contributed by atoms with Crippen LogP contribution in [-0.2, 0) is 21.0 Å². The highest BCUT2D eigenvalue weighted by Gasteiger charge is 2.30. The fraction of sp³-hybridized carbons (Fsp3) is 0.250. The number of halogens is 3. The Hall–Kier alpha value is -2.66. The lowest BCUT2D eigenvalue weighted by Gasteiger charge is -2.16. The fourth-order valence-corrected chi connectivity index (χ4v) is 3.39. The third-order valence-corrected chi connectivity index (χ3v) is 5.20. The fourth-order valence-electron chi connectivity index (χ4n) is 2.54. The molecule has 0 spiro atoms. The molecule has 1 saturated heterocycles. The predicted octanol–water partition coefficient (Wildman–Crippen LogP) is 2.53. The number of pyridine rings is 1. The Morgan fingerprint density at radius 2 is 1.78 bits per heavy atom. The van der Waals surface area contributed by atoms with E-state index >= 15 is 0 Å². The molecule has 144 valence electrons. The molecule has 0 atom stereocenters. The first-order valence-electron chi connectivity index (χ1n) is 7.88. The molecule has 1 fully saturated rings. The molecule has 3 rings (SSSR count). The lowest BCUT2D eigenvalue weighted by atomic mass is 10.3. The van der Waals surface area contributed by atoms with Gasteiger partial charge in [0.1, 0.15) is 5.82 Å². The molecule has 0 bridgehead atoms. The van der Waals surface area contributed by atoms with Gasteiger partial charge in [-0.25, -0.2) is 13.4 Å². The van der Waals surface area contributed by atoms with Crippen molar-refractivity contribution in [2.24, 2.45) is 0 Å². The van der Waals surface area contributed by atoms with Gasteiger partial charge < -0.3 is 4.90 Å². The zero-order chi connectivity index (χ0) is 19.7. The molecule has 2 N–H and O–H groups in total. The van der Waals surface area contributed by atoms with E-state index in [2.05, 4.69) is 10.4 Å². The van der Waals surface area contributed by atoms with Crippen molar-refractivity contribution in [2.45, 2.75) is 23.9 Å². The second-order valence-electron chi connectivity index (χ2n) is 5.80. The number of sulfonamides is 1. The van der Waals surface area contributed by atoms with Crippen molar-refractivity contribution in [3.8, 4) is 0 Å². The van der Waals surface area contributed by atoms with E-state index in [1.54, 1.807) is 4.90 Å². The molecule has 1 aromatic carbocycles. The third kappa shape index (κ3) is 4.37. The molecule has 7 nitrogen and oxygen atoms in total. The number of hydrogen-bond donors (Lipinski definition) is 2. The number of nitrogens with zero attached hydrogens (tertiary/aromatic N) is 2. The number of hydrazine groups is 1. The Morgan fingerprint density at radius 1 is 1.07 bits per heavy atom. The van der Waals surface area contributed by atoms with Gasteiger partial charge in [-0.05, 0) is 42.8 Å². The van der Waals surface area contributed by atoms with E-state index in [9.17, 15) is 26.4 Å². The highest BCUT2D eigenvalue weighted by atomic mass is 32.2. The summed E-state index contributed by atoms with van der Waals surface area (Å²) in [7, 11) is -3.98. The van der Waals surface area contributed by atoms with Crippen LogP contribution in [0.15, 0.2) is 47.5 Å². The Labute approximate surface area is 153 Å². The van der Waals surface area contributed by atoms with Crippen LogP contribution < -0.4 is 15.2 Å². The molecule has 0 aliphatic carbocycles. The minimum absolute atomic E-state index is 0.0150. The van der Waals surface area contributed by atoms with E-state index in [0.717, 1.165) is 18.6 Å². The van der Waals surface area contributed by atoms with Crippen LogP contribution in [0, 0.1) is 0 Å². The van der Waals surface area contributed by atoms with Crippen LogP contribution in [0.3, 0.4) is 0 Å². The number of amides is 1. The van der Waals surface area contributed by atoms with Gasteiger partial charge in [0.25, 0.3) is 10.0 Å². The molecule has 1 aliphatic heterocycles. The van der Waals surface area contributed by atoms with Crippen LogP contribution in [0.1, 0.15) is 18.4 Å². The van der Waals surface area contributed by atoms with Crippen molar-refractivity contribution in [1.82, 2.24) is 9.82 Å². The minimum atomic E-state index is -4.52. The summed E-state index contributed by atoms with van der Waals surface area (Å²) in [4.78, 5) is 18.8. The van der Waals surface area contributed by atoms with Crippen molar-refractivity contribution in [2.75, 3.05) is 16.9 Å². The molecule has 1 amide bonds. The average molecular weight is 400 g/mol. The third-order valence-electron chi connectivity index (χ3n) is 3.94. The first-order chi connectivity index (χ1) is 12.7. The number of nitrogens with one attached hydrogen (secondary N) is 2. The van der Waals surface area contributed by atoms with Gasteiger partial charge in [0.15, 0.2) is 0 Å². The van der Waals surface area contributed by atoms with Gasteiger partial charge in [0, 0.05) is 24.8 Å². The second kappa shape index (κ2) is 7.16. The molecule has 1 aromatic heterocycles. The van der Waals surface area contributed by atoms with E-state index in [-0.39, 0.29) is 16.6 Å². The maximum absolute atomic E-state index is 12.5. The first-order valence-corrected chi connectivity index (χ1v) is 9.37. The quantitative estimate of drug-likeness (QED) is 0.753. The van der Waals surface area contributed by atoms with Gasteiger partial charge in [-0.15, -0.1) is 4.83 Å². The molecule has 0 unspecified atom stereocenters. The lowest BCUT2D eigenvalue weighted by Crippen LogP contribution is -2.30. The smallest absolute Gasteiger partial charge is 0.312 e. The molecule has 11 heteroatoms. The largest absolute Gasteiger partial charge is 0.417 e. The van der Waals surface area contributed by atoms with Crippen LogP contribution in [0.25, 0.3) is 0 Å². The Bertz CT molecular complexity index is 929. The summed E-state index contributed by atoms with van der Waals surface area (Å²) in [6.07, 6.45) is -2.71. The van der Waals surface area contributed by atoms with Crippen LogP contribution in [-0.4, -0.2) is 25.9 Å². The molecule has 0 saturated carbocycles. The van der Waals surface area contributed by atoms with Crippen molar-refractivity contribution >= 4 is 27.4 Å². The van der Waals surface area contributed by atoms with Crippen LogP contribution in [0.4, 0.5) is 24.7 Å². The van der Waals surface area contributed by atoms with Gasteiger partial charge in [-0.3, -0.25) is 10.2 Å². The predicted molar refractivity (Wildman–Crippen MR) is 91.2 cm³/mol. The summed E-state index contributed by atoms with van der Waals surface area (Å²) >= 11 is 0. The number of carbonyl (C=O) groups is 1. The van der Waals surface area contributed by atoms with Gasteiger partial charge in [0.2, 0.25) is 5.91 Å². The maximum atomic E-state index is 12.5. The van der Waals surface area contributed by atoms with Crippen LogP contribution >= 0.6 is 0 Å². The highest BCUT2D eigenvalue weighted by Crippen LogP contribution is 2.28. The minimum Gasteiger partial charge on any atom is -0.312 e.